The molecular weight excluding hydrogens is 280 g/mol. The predicted octanol–water partition coefficient (Wildman–Crippen LogP) is 0.877. The summed E-state index contributed by atoms with van der Waals surface area (Å²) < 4.78 is 4.94. The number of rotatable bonds is 7. The lowest BCUT2D eigenvalue weighted by atomic mass is 10.2. The topological polar surface area (TPSA) is 124 Å². The van der Waals surface area contributed by atoms with Gasteiger partial charge in [0.05, 0.1) is 18.4 Å². The van der Waals surface area contributed by atoms with Gasteiger partial charge in [0, 0.05) is 24.8 Å². The van der Waals surface area contributed by atoms with Crippen LogP contribution in [0, 0.1) is 0 Å². The Kier molecular flexibility index (Phi) is 4.27. The van der Waals surface area contributed by atoms with Crippen LogP contribution in [-0.2, 0) is 9.59 Å². The zero-order valence-corrected chi connectivity index (χ0v) is 11.0. The lowest BCUT2D eigenvalue weighted by Gasteiger charge is -2.23. The maximum absolute atomic E-state index is 11.1. The van der Waals surface area contributed by atoms with Crippen LogP contribution in [-0.4, -0.2) is 40.2 Å². The Morgan fingerprint density at radius 2 is 1.76 bits per heavy atom. The Labute approximate surface area is 118 Å². The lowest BCUT2D eigenvalue weighted by Crippen LogP contribution is -2.28. The van der Waals surface area contributed by atoms with E-state index < -0.39 is 17.7 Å². The fourth-order valence-corrected chi connectivity index (χ4v) is 1.96. The van der Waals surface area contributed by atoms with E-state index in [2.05, 4.69) is 4.98 Å². The molecule has 21 heavy (non-hydrogen) atoms. The van der Waals surface area contributed by atoms with Crippen LogP contribution < -0.4 is 10.7 Å². The maximum Gasteiger partial charge on any atom is 0.417 e. The molecule has 0 saturated heterocycles. The molecule has 0 radical (unpaired) electrons. The molecule has 2 aromatic rings. The van der Waals surface area contributed by atoms with E-state index in [0.717, 1.165) is 0 Å². The molecule has 0 aliphatic heterocycles. The van der Waals surface area contributed by atoms with Crippen LogP contribution in [0.4, 0.5) is 5.69 Å². The highest BCUT2D eigenvalue weighted by Crippen LogP contribution is 2.20. The second kappa shape index (κ2) is 6.12. The van der Waals surface area contributed by atoms with Gasteiger partial charge in [-0.25, -0.2) is 4.79 Å². The third-order valence-corrected chi connectivity index (χ3v) is 2.96. The Bertz CT molecular complexity index is 699. The van der Waals surface area contributed by atoms with Crippen LogP contribution >= 0.6 is 0 Å². The molecule has 8 nitrogen and oxygen atoms in total. The number of hydrogen-bond donors (Lipinski definition) is 3. The third kappa shape index (κ3) is 3.85. The molecule has 3 N–H and O–H groups in total. The fraction of sp³-hybridized carbons (Fsp3) is 0.308. The molecule has 0 aliphatic rings. The van der Waals surface area contributed by atoms with Crippen molar-refractivity contribution in [3.63, 3.8) is 0 Å². The van der Waals surface area contributed by atoms with Gasteiger partial charge in [-0.3, -0.25) is 14.6 Å². The molecule has 0 aliphatic carbocycles. The third-order valence-electron chi connectivity index (χ3n) is 2.96. The van der Waals surface area contributed by atoms with Crippen molar-refractivity contribution in [2.45, 2.75) is 12.8 Å². The van der Waals surface area contributed by atoms with Gasteiger partial charge in [0.1, 0.15) is 0 Å². The van der Waals surface area contributed by atoms with Crippen molar-refractivity contribution in [2.75, 3.05) is 18.0 Å². The molecule has 112 valence electrons. The molecular formula is C13H14N2O6. The number of aromatic nitrogens is 1. The van der Waals surface area contributed by atoms with Crippen molar-refractivity contribution in [3.8, 4) is 0 Å². The smallest absolute Gasteiger partial charge is 0.417 e. The minimum atomic E-state index is -0.968. The Hall–Kier alpha value is -2.77. The van der Waals surface area contributed by atoms with Gasteiger partial charge in [-0.05, 0) is 12.1 Å². The standard InChI is InChI=1S/C13H14N2O6/c16-11(17)3-5-15(6-4-12(18)19)8-1-2-9-10(7-8)21-13(20)14-9/h1-2,7H,3-6H2,(H,14,20)(H,16,17)(H,18,19). The molecule has 1 aromatic heterocycles. The zero-order chi connectivity index (χ0) is 15.4. The van der Waals surface area contributed by atoms with Gasteiger partial charge in [0.25, 0.3) is 0 Å². The molecule has 0 bridgehead atoms. The van der Waals surface area contributed by atoms with Crippen molar-refractivity contribution in [1.82, 2.24) is 4.98 Å². The van der Waals surface area contributed by atoms with Gasteiger partial charge in [-0.15, -0.1) is 0 Å². The highest BCUT2D eigenvalue weighted by atomic mass is 16.4. The van der Waals surface area contributed by atoms with Crippen molar-refractivity contribution >= 4 is 28.7 Å². The molecule has 0 unspecified atom stereocenters. The van der Waals surface area contributed by atoms with Crippen molar-refractivity contribution in [3.05, 3.63) is 28.7 Å². The summed E-state index contributed by atoms with van der Waals surface area (Å²) in [5.41, 5.74) is 1.47. The van der Waals surface area contributed by atoms with Crippen molar-refractivity contribution < 1.29 is 24.2 Å². The first-order valence-corrected chi connectivity index (χ1v) is 6.27. The number of nitrogens with one attached hydrogen (secondary N) is 1. The van der Waals surface area contributed by atoms with E-state index in [1.165, 1.54) is 0 Å². The van der Waals surface area contributed by atoms with Gasteiger partial charge < -0.3 is 19.5 Å². The first-order chi connectivity index (χ1) is 9.95. The van der Waals surface area contributed by atoms with Crippen LogP contribution in [0.5, 0.6) is 0 Å². The largest absolute Gasteiger partial charge is 0.481 e. The maximum atomic E-state index is 11.1. The van der Waals surface area contributed by atoms with Crippen LogP contribution in [0.1, 0.15) is 12.8 Å². The number of anilines is 1. The predicted molar refractivity (Wildman–Crippen MR) is 73.6 cm³/mol. The van der Waals surface area contributed by atoms with Crippen LogP contribution in [0.15, 0.2) is 27.4 Å². The summed E-state index contributed by atoms with van der Waals surface area (Å²) >= 11 is 0. The minimum Gasteiger partial charge on any atom is -0.481 e. The van der Waals surface area contributed by atoms with E-state index >= 15 is 0 Å². The average molecular weight is 294 g/mol. The second-order valence-corrected chi connectivity index (χ2v) is 4.47. The van der Waals surface area contributed by atoms with Gasteiger partial charge in [-0.1, -0.05) is 0 Å². The van der Waals surface area contributed by atoms with E-state index in [9.17, 15) is 14.4 Å². The van der Waals surface area contributed by atoms with Gasteiger partial charge in [0.2, 0.25) is 0 Å². The lowest BCUT2D eigenvalue weighted by molar-refractivity contribution is -0.137. The molecule has 0 atom stereocenters. The molecule has 0 spiro atoms. The summed E-state index contributed by atoms with van der Waals surface area (Å²) in [4.78, 5) is 36.6. The van der Waals surface area contributed by atoms with Gasteiger partial charge in [-0.2, -0.15) is 0 Å². The molecule has 0 fully saturated rings. The number of oxazole rings is 1. The minimum absolute atomic E-state index is 0.116. The normalized spacial score (nSPS) is 10.7. The molecule has 2 rings (SSSR count). The molecule has 1 aromatic carbocycles. The van der Waals surface area contributed by atoms with E-state index in [4.69, 9.17) is 14.6 Å². The first kappa shape index (κ1) is 14.6. The van der Waals surface area contributed by atoms with Crippen molar-refractivity contribution in [2.24, 2.45) is 0 Å². The van der Waals surface area contributed by atoms with Crippen LogP contribution in [0.25, 0.3) is 11.1 Å². The monoisotopic (exact) mass is 294 g/mol. The zero-order valence-electron chi connectivity index (χ0n) is 11.0. The summed E-state index contributed by atoms with van der Waals surface area (Å²) in [6.07, 6.45) is -0.233. The molecule has 1 heterocycles. The number of benzene rings is 1. The number of nitrogens with zero attached hydrogens (tertiary/aromatic N) is 1. The van der Waals surface area contributed by atoms with E-state index in [0.29, 0.717) is 16.8 Å². The van der Waals surface area contributed by atoms with Gasteiger partial charge in [0.15, 0.2) is 5.58 Å². The summed E-state index contributed by atoms with van der Waals surface area (Å²) in [5.74, 6) is -2.51. The van der Waals surface area contributed by atoms with Crippen LogP contribution in [0.2, 0.25) is 0 Å². The summed E-state index contributed by atoms with van der Waals surface area (Å²) in [6, 6.07) is 4.89. The second-order valence-electron chi connectivity index (χ2n) is 4.47. The Morgan fingerprint density at radius 3 is 2.33 bits per heavy atom. The number of hydrogen-bond acceptors (Lipinski definition) is 5. The fourth-order valence-electron chi connectivity index (χ4n) is 1.96. The summed E-state index contributed by atoms with van der Waals surface area (Å²) in [6.45, 7) is 0.339. The molecule has 0 amide bonds. The Morgan fingerprint density at radius 1 is 1.14 bits per heavy atom. The highest BCUT2D eigenvalue weighted by molar-refractivity contribution is 5.77. The van der Waals surface area contributed by atoms with Crippen LogP contribution in [0.3, 0.4) is 0 Å². The van der Waals surface area contributed by atoms with E-state index in [-0.39, 0.29) is 25.9 Å². The SMILES string of the molecule is O=C(O)CCN(CCC(=O)O)c1ccc2[nH]c(=O)oc2c1. The molecule has 0 saturated carbocycles. The number of aliphatic carboxylic acids is 2. The molecule has 8 heteroatoms. The Balaban J connectivity index is 2.24. The number of aromatic amines is 1. The van der Waals surface area contributed by atoms with E-state index in [1.807, 2.05) is 0 Å². The first-order valence-electron chi connectivity index (χ1n) is 6.27. The number of carboxylic acids is 2. The average Bonchev–Trinajstić information content (AvgIpc) is 2.77. The quantitative estimate of drug-likeness (QED) is 0.692. The number of H-pyrrole nitrogens is 1. The summed E-state index contributed by atoms with van der Waals surface area (Å²) in [7, 11) is 0. The number of carboxylic acid groups (broad SMARTS) is 2. The van der Waals surface area contributed by atoms with Gasteiger partial charge >= 0.3 is 17.7 Å². The number of fused-ring (bicyclic) bond motifs is 1. The van der Waals surface area contributed by atoms with Crippen molar-refractivity contribution in [1.29, 1.82) is 0 Å². The van der Waals surface area contributed by atoms with E-state index in [1.54, 1.807) is 23.1 Å². The highest BCUT2D eigenvalue weighted by Gasteiger charge is 2.12. The number of carbonyl (C=O) groups is 2. The summed E-state index contributed by atoms with van der Waals surface area (Å²) in [5, 5.41) is 17.5.